The van der Waals surface area contributed by atoms with Crippen LogP contribution in [0.25, 0.3) is 43.3 Å². The third-order valence-corrected chi connectivity index (χ3v) is 4.37. The highest BCUT2D eigenvalue weighted by Crippen LogP contribution is 2.22. The Morgan fingerprint density at radius 2 is 1.10 bits per heavy atom. The van der Waals surface area contributed by atoms with E-state index in [2.05, 4.69) is 9.69 Å². The highest BCUT2D eigenvalue weighted by atomic mass is 19.1. The molecule has 0 aliphatic rings. The Balaban J connectivity index is 2.62. The van der Waals surface area contributed by atoms with Gasteiger partial charge in [0.25, 0.3) is 11.4 Å². The second-order valence-corrected chi connectivity index (χ2v) is 6.11. The van der Waals surface area contributed by atoms with Gasteiger partial charge in [0.2, 0.25) is 0 Å². The van der Waals surface area contributed by atoms with E-state index in [0.29, 0.717) is 22.3 Å². The predicted molar refractivity (Wildman–Crippen MR) is 108 cm³/mol. The van der Waals surface area contributed by atoms with Gasteiger partial charge >= 0.3 is 0 Å². The molecule has 0 heterocycles. The molecular weight excluding hydrogens is 382 g/mol. The van der Waals surface area contributed by atoms with Gasteiger partial charge in [0.15, 0.2) is 0 Å². The Morgan fingerprint density at radius 3 is 1.40 bits per heavy atom. The minimum Gasteiger partial charge on any atom is -0.226 e. The molecule has 3 rings (SSSR count). The van der Waals surface area contributed by atoms with Crippen LogP contribution >= 0.6 is 0 Å². The van der Waals surface area contributed by atoms with Crippen molar-refractivity contribution in [2.75, 3.05) is 0 Å². The zero-order valence-electron chi connectivity index (χ0n) is 15.3. The fraction of sp³-hybridized carbons (Fsp3) is 0. The monoisotopic (exact) mass is 392 g/mol. The lowest BCUT2D eigenvalue weighted by Crippen LogP contribution is -2.18. The first-order valence-corrected chi connectivity index (χ1v) is 8.52. The van der Waals surface area contributed by atoms with Crippen molar-refractivity contribution in [3.8, 4) is 34.4 Å². The third kappa shape index (κ3) is 3.76. The maximum atomic E-state index is 13.8. The summed E-state index contributed by atoms with van der Waals surface area (Å²) in [6, 6.07) is 17.7. The first-order valence-electron chi connectivity index (χ1n) is 8.52. The van der Waals surface area contributed by atoms with Crippen LogP contribution in [0.2, 0.25) is 0 Å². The highest BCUT2D eigenvalue weighted by Gasteiger charge is 2.13. The van der Waals surface area contributed by atoms with E-state index in [1.54, 1.807) is 12.1 Å². The average molecular weight is 392 g/mol. The largest absolute Gasteiger partial charge is 0.269 e. The van der Waals surface area contributed by atoms with Gasteiger partial charge in [-0.1, -0.05) is 36.4 Å². The van der Waals surface area contributed by atoms with Gasteiger partial charge in [-0.15, -0.1) is 0 Å². The molecule has 3 aromatic carbocycles. The summed E-state index contributed by atoms with van der Waals surface area (Å²) in [4.78, 5) is 6.52. The summed E-state index contributed by atoms with van der Waals surface area (Å²) in [5, 5.41) is 19.3. The van der Waals surface area contributed by atoms with E-state index in [1.807, 2.05) is 12.1 Å². The number of hydrogen-bond donors (Lipinski definition) is 0. The van der Waals surface area contributed by atoms with Crippen molar-refractivity contribution in [3.63, 3.8) is 0 Å². The molecule has 0 aromatic heterocycles. The molecule has 0 N–H and O–H groups in total. The molecule has 0 spiro atoms. The molecular formula is C24H10F2N4. The minimum atomic E-state index is -0.523. The topological polar surface area (TPSA) is 56.3 Å². The van der Waals surface area contributed by atoms with E-state index in [9.17, 15) is 19.3 Å². The van der Waals surface area contributed by atoms with E-state index < -0.39 is 11.6 Å². The fourth-order valence-corrected chi connectivity index (χ4v) is 3.07. The lowest BCUT2D eigenvalue weighted by Gasteiger charge is -2.10. The lowest BCUT2D eigenvalue weighted by molar-refractivity contribution is 0.628. The highest BCUT2D eigenvalue weighted by molar-refractivity contribution is 5.82. The number of hydrogen-bond acceptors (Lipinski definition) is 2. The van der Waals surface area contributed by atoms with Crippen LogP contribution in [0.3, 0.4) is 0 Å². The Kier molecular flexibility index (Phi) is 5.65. The van der Waals surface area contributed by atoms with E-state index in [1.165, 1.54) is 48.5 Å². The van der Waals surface area contributed by atoms with Gasteiger partial charge in [-0.3, -0.25) is 0 Å². The summed E-state index contributed by atoms with van der Waals surface area (Å²) in [6.45, 7) is 14.7. The van der Waals surface area contributed by atoms with Crippen molar-refractivity contribution < 1.29 is 8.78 Å². The molecule has 0 bridgehead atoms. The Labute approximate surface area is 171 Å². The molecule has 0 fully saturated rings. The summed E-state index contributed by atoms with van der Waals surface area (Å²) in [7, 11) is 0. The summed E-state index contributed by atoms with van der Waals surface area (Å²) in [6.07, 6.45) is 0. The van der Waals surface area contributed by atoms with Gasteiger partial charge < -0.3 is 0 Å². The molecule has 0 saturated carbocycles. The number of nitrogens with zero attached hydrogens (tertiary/aromatic N) is 4. The zero-order valence-corrected chi connectivity index (χ0v) is 15.3. The Morgan fingerprint density at radius 1 is 0.700 bits per heavy atom. The van der Waals surface area contributed by atoms with E-state index in [-0.39, 0.29) is 21.8 Å². The fourth-order valence-electron chi connectivity index (χ4n) is 3.07. The van der Waals surface area contributed by atoms with Gasteiger partial charge in [-0.2, -0.15) is 0 Å². The molecule has 30 heavy (non-hydrogen) atoms. The first-order chi connectivity index (χ1) is 14.5. The van der Waals surface area contributed by atoms with Crippen LogP contribution in [-0.4, -0.2) is 0 Å². The van der Waals surface area contributed by atoms with Gasteiger partial charge in [-0.25, -0.2) is 29.0 Å². The van der Waals surface area contributed by atoms with Crippen molar-refractivity contribution in [2.45, 2.75) is 0 Å². The van der Waals surface area contributed by atoms with Crippen molar-refractivity contribution in [1.82, 2.24) is 0 Å². The number of halogens is 2. The first kappa shape index (κ1) is 20.0. The molecule has 140 valence electrons. The van der Waals surface area contributed by atoms with Crippen LogP contribution < -0.4 is 10.4 Å². The molecule has 0 atom stereocenters. The van der Waals surface area contributed by atoms with Crippen LogP contribution in [0.1, 0.15) is 0 Å². The molecule has 0 aliphatic carbocycles. The Bertz CT molecular complexity index is 1310. The van der Waals surface area contributed by atoms with Gasteiger partial charge in [0.05, 0.1) is 25.3 Å². The van der Waals surface area contributed by atoms with Crippen LogP contribution in [0, 0.1) is 47.4 Å². The second kappa shape index (κ2) is 8.49. The molecule has 0 amide bonds. The molecule has 3 aromatic rings. The maximum absolute atomic E-state index is 13.8. The van der Waals surface area contributed by atoms with Crippen molar-refractivity contribution >= 4 is 11.4 Å². The number of nitriles is 2. The van der Waals surface area contributed by atoms with Crippen LogP contribution in [0.15, 0.2) is 60.7 Å². The standard InChI is InChI=1S/C24H10F2N4/c1-29-23(13-27)21-11-20(16-6-4-8-18(26)10-16)22(24(14-28)30-2)12-19(21)15-5-3-7-17(25)9-15/h3-12H/b23-21-,24-22+. The molecule has 0 radical (unpaired) electrons. The van der Waals surface area contributed by atoms with E-state index >= 15 is 0 Å². The maximum Gasteiger partial charge on any atom is 0.269 e. The molecule has 6 heteroatoms. The van der Waals surface area contributed by atoms with Crippen LogP contribution in [-0.2, 0) is 0 Å². The minimum absolute atomic E-state index is 0.198. The second-order valence-electron chi connectivity index (χ2n) is 6.11. The van der Waals surface area contributed by atoms with Gasteiger partial charge in [0.1, 0.15) is 11.6 Å². The summed E-state index contributed by atoms with van der Waals surface area (Å²) < 4.78 is 27.7. The van der Waals surface area contributed by atoms with Gasteiger partial charge in [0, 0.05) is 0 Å². The third-order valence-electron chi connectivity index (χ3n) is 4.37. The van der Waals surface area contributed by atoms with Crippen LogP contribution in [0.4, 0.5) is 8.78 Å². The van der Waals surface area contributed by atoms with Crippen molar-refractivity contribution in [1.29, 1.82) is 10.5 Å². The molecule has 0 saturated heterocycles. The lowest BCUT2D eigenvalue weighted by atomic mass is 9.94. The predicted octanol–water partition coefficient (Wildman–Crippen LogP) is 4.40. The molecule has 0 aliphatic heterocycles. The van der Waals surface area contributed by atoms with E-state index in [0.717, 1.165) is 0 Å². The smallest absolute Gasteiger partial charge is 0.226 e. The number of benzene rings is 3. The number of rotatable bonds is 2. The summed E-state index contributed by atoms with van der Waals surface area (Å²) in [5.41, 5.74) is 0.869. The molecule has 0 unspecified atom stereocenters. The Hall–Kier alpha value is -4.78. The average Bonchev–Trinajstić information content (AvgIpc) is 2.75. The van der Waals surface area contributed by atoms with Crippen molar-refractivity contribution in [3.05, 3.63) is 106 Å². The summed E-state index contributed by atoms with van der Waals surface area (Å²) >= 11 is 0. The zero-order chi connectivity index (χ0) is 21.7. The quantitative estimate of drug-likeness (QED) is 0.607. The summed E-state index contributed by atoms with van der Waals surface area (Å²) in [5.74, 6) is -1.05. The van der Waals surface area contributed by atoms with E-state index in [4.69, 9.17) is 13.1 Å². The normalized spacial score (nSPS) is 11.9. The SMILES string of the molecule is [C-]#[N+]/C(C#N)=c1/cc(-c2cccc(F)c2)/c(=C(\C#N)[N+]#[C-])cc1-c1cccc(F)c1. The van der Waals surface area contributed by atoms with Gasteiger partial charge in [-0.05, 0) is 57.0 Å². The van der Waals surface area contributed by atoms with Crippen LogP contribution in [0.5, 0.6) is 0 Å². The van der Waals surface area contributed by atoms with Crippen molar-refractivity contribution in [2.24, 2.45) is 0 Å². The molecule has 4 nitrogen and oxygen atoms in total.